The summed E-state index contributed by atoms with van der Waals surface area (Å²) in [6.07, 6.45) is 0. The first-order valence-corrected chi connectivity index (χ1v) is 7.57. The van der Waals surface area contributed by atoms with E-state index in [1.54, 1.807) is 12.1 Å². The molecule has 0 bridgehead atoms. The molecule has 0 unspecified atom stereocenters. The van der Waals surface area contributed by atoms with E-state index in [1.165, 1.54) is 0 Å². The second-order valence-corrected chi connectivity index (χ2v) is 6.09. The van der Waals surface area contributed by atoms with E-state index < -0.39 is 0 Å². The molecule has 5 nitrogen and oxygen atoms in total. The Morgan fingerprint density at radius 2 is 1.19 bits per heavy atom. The van der Waals surface area contributed by atoms with E-state index in [9.17, 15) is 0 Å². The minimum absolute atomic E-state index is 0.429. The number of rotatable bonds is 2. The van der Waals surface area contributed by atoms with Crippen LogP contribution in [0, 0.1) is 0 Å². The fourth-order valence-electron chi connectivity index (χ4n) is 1.78. The Morgan fingerprint density at radius 1 is 0.762 bits per heavy atom. The van der Waals surface area contributed by atoms with Crippen molar-refractivity contribution in [2.24, 2.45) is 0 Å². The lowest BCUT2D eigenvalue weighted by molar-refractivity contribution is 0.584. The Balaban J connectivity index is 1.99. The summed E-state index contributed by atoms with van der Waals surface area (Å²) < 4.78 is 7.27. The summed E-state index contributed by atoms with van der Waals surface area (Å²) in [6.45, 7) is 0. The zero-order valence-electron chi connectivity index (χ0n) is 10.7. The molecule has 0 atom stereocenters. The molecule has 0 aliphatic heterocycles. The van der Waals surface area contributed by atoms with Crippen LogP contribution in [0.25, 0.3) is 22.9 Å². The van der Waals surface area contributed by atoms with E-state index in [4.69, 9.17) is 15.9 Å². The molecule has 2 aromatic carbocycles. The average Bonchev–Trinajstić information content (AvgIpc) is 2.94. The summed E-state index contributed by atoms with van der Waals surface area (Å²) in [6, 6.07) is 10.9. The van der Waals surface area contributed by atoms with E-state index in [1.807, 2.05) is 24.3 Å². The molecule has 3 aromatic rings. The predicted molar refractivity (Wildman–Crippen MR) is 89.4 cm³/mol. The van der Waals surface area contributed by atoms with Crippen molar-refractivity contribution < 1.29 is 4.42 Å². The molecular formula is C14H10Br2N4O. The highest BCUT2D eigenvalue weighted by atomic mass is 79.9. The maximum atomic E-state index is 5.76. The van der Waals surface area contributed by atoms with Gasteiger partial charge in [-0.3, -0.25) is 0 Å². The number of hydrogen-bond donors (Lipinski definition) is 2. The van der Waals surface area contributed by atoms with Crippen molar-refractivity contribution in [3.63, 3.8) is 0 Å². The van der Waals surface area contributed by atoms with Gasteiger partial charge in [-0.25, -0.2) is 0 Å². The van der Waals surface area contributed by atoms with Gasteiger partial charge >= 0.3 is 0 Å². The van der Waals surface area contributed by atoms with Gasteiger partial charge in [0.25, 0.3) is 0 Å². The first kappa shape index (κ1) is 14.1. The number of benzene rings is 2. The topological polar surface area (TPSA) is 91.0 Å². The second kappa shape index (κ2) is 5.50. The van der Waals surface area contributed by atoms with E-state index in [-0.39, 0.29) is 0 Å². The summed E-state index contributed by atoms with van der Waals surface area (Å²) in [4.78, 5) is 0. The van der Waals surface area contributed by atoms with Crippen molar-refractivity contribution in [3.8, 4) is 22.9 Å². The van der Waals surface area contributed by atoms with Crippen molar-refractivity contribution >= 4 is 43.2 Å². The number of nitrogens with zero attached hydrogens (tertiary/aromatic N) is 2. The number of nitrogen functional groups attached to an aromatic ring is 2. The maximum Gasteiger partial charge on any atom is 0.248 e. The third-order valence-corrected chi connectivity index (χ3v) is 4.29. The third-order valence-electron chi connectivity index (χ3n) is 2.92. The molecule has 0 spiro atoms. The molecule has 3 rings (SSSR count). The highest BCUT2D eigenvalue weighted by Crippen LogP contribution is 2.30. The number of halogens is 2. The lowest BCUT2D eigenvalue weighted by atomic mass is 10.2. The van der Waals surface area contributed by atoms with Gasteiger partial charge in [-0.2, -0.15) is 0 Å². The van der Waals surface area contributed by atoms with Gasteiger partial charge < -0.3 is 15.9 Å². The number of nitrogens with two attached hydrogens (primary N) is 2. The van der Waals surface area contributed by atoms with Crippen LogP contribution in [0.1, 0.15) is 0 Å². The Morgan fingerprint density at radius 3 is 1.57 bits per heavy atom. The van der Waals surface area contributed by atoms with Gasteiger partial charge in [0.2, 0.25) is 11.8 Å². The van der Waals surface area contributed by atoms with Gasteiger partial charge in [-0.1, -0.05) is 0 Å². The summed E-state index contributed by atoms with van der Waals surface area (Å²) in [5, 5.41) is 8.12. The normalized spacial score (nSPS) is 10.8. The van der Waals surface area contributed by atoms with Gasteiger partial charge in [0, 0.05) is 31.4 Å². The van der Waals surface area contributed by atoms with Gasteiger partial charge in [0.15, 0.2) is 0 Å². The molecule has 0 aliphatic carbocycles. The van der Waals surface area contributed by atoms with Crippen LogP contribution in [0.4, 0.5) is 11.4 Å². The van der Waals surface area contributed by atoms with Crippen molar-refractivity contribution in [1.82, 2.24) is 10.2 Å². The number of hydrogen-bond acceptors (Lipinski definition) is 5. The molecule has 0 saturated carbocycles. The molecule has 0 aliphatic rings. The number of aromatic nitrogens is 2. The van der Waals surface area contributed by atoms with Gasteiger partial charge in [-0.15, -0.1) is 10.2 Å². The Kier molecular flexibility index (Phi) is 3.69. The molecule has 1 heterocycles. The SMILES string of the molecule is Nc1ccc(-c2nnc(-c3ccc(N)c(Br)c3)o2)cc1Br. The third kappa shape index (κ3) is 2.79. The average molecular weight is 410 g/mol. The molecular weight excluding hydrogens is 400 g/mol. The fourth-order valence-corrected chi connectivity index (χ4v) is 2.53. The summed E-state index contributed by atoms with van der Waals surface area (Å²) in [5.74, 6) is 0.859. The van der Waals surface area contributed by atoms with Crippen molar-refractivity contribution in [1.29, 1.82) is 0 Å². The van der Waals surface area contributed by atoms with E-state index in [0.717, 1.165) is 20.1 Å². The van der Waals surface area contributed by atoms with Crippen LogP contribution in [0.2, 0.25) is 0 Å². The van der Waals surface area contributed by atoms with E-state index >= 15 is 0 Å². The summed E-state index contributed by atoms with van der Waals surface area (Å²) >= 11 is 6.76. The van der Waals surface area contributed by atoms with Crippen molar-refractivity contribution in [2.75, 3.05) is 11.5 Å². The van der Waals surface area contributed by atoms with Crippen LogP contribution < -0.4 is 11.5 Å². The zero-order valence-corrected chi connectivity index (χ0v) is 13.8. The van der Waals surface area contributed by atoms with Crippen LogP contribution in [0.3, 0.4) is 0 Å². The Hall–Kier alpha value is -1.86. The largest absolute Gasteiger partial charge is 0.416 e. The molecule has 0 amide bonds. The molecule has 106 valence electrons. The molecule has 7 heteroatoms. The first-order valence-electron chi connectivity index (χ1n) is 5.99. The highest BCUT2D eigenvalue weighted by Gasteiger charge is 2.12. The Bertz CT molecular complexity index is 750. The molecule has 4 N–H and O–H groups in total. The molecule has 0 radical (unpaired) electrons. The van der Waals surface area contributed by atoms with Crippen LogP contribution >= 0.6 is 31.9 Å². The molecule has 21 heavy (non-hydrogen) atoms. The monoisotopic (exact) mass is 408 g/mol. The quantitative estimate of drug-likeness (QED) is 0.622. The lowest BCUT2D eigenvalue weighted by Gasteiger charge is -2.00. The van der Waals surface area contributed by atoms with Gasteiger partial charge in [0.05, 0.1) is 0 Å². The molecule has 1 aromatic heterocycles. The fraction of sp³-hybridized carbons (Fsp3) is 0. The van der Waals surface area contributed by atoms with Crippen LogP contribution in [0.15, 0.2) is 49.8 Å². The minimum Gasteiger partial charge on any atom is -0.416 e. The van der Waals surface area contributed by atoms with Crippen LogP contribution in [-0.2, 0) is 0 Å². The van der Waals surface area contributed by atoms with E-state index in [0.29, 0.717) is 23.2 Å². The predicted octanol–water partition coefficient (Wildman–Crippen LogP) is 4.09. The van der Waals surface area contributed by atoms with Crippen molar-refractivity contribution in [3.05, 3.63) is 45.3 Å². The zero-order chi connectivity index (χ0) is 15.0. The van der Waals surface area contributed by atoms with Crippen molar-refractivity contribution in [2.45, 2.75) is 0 Å². The van der Waals surface area contributed by atoms with Gasteiger partial charge in [0.1, 0.15) is 0 Å². The Labute approximate surface area is 137 Å². The second-order valence-electron chi connectivity index (χ2n) is 4.38. The highest BCUT2D eigenvalue weighted by molar-refractivity contribution is 9.11. The molecule has 0 fully saturated rings. The smallest absolute Gasteiger partial charge is 0.248 e. The maximum absolute atomic E-state index is 5.76. The van der Waals surface area contributed by atoms with E-state index in [2.05, 4.69) is 42.1 Å². The lowest BCUT2D eigenvalue weighted by Crippen LogP contribution is -1.86. The summed E-state index contributed by atoms with van der Waals surface area (Å²) in [7, 11) is 0. The van der Waals surface area contributed by atoms with Gasteiger partial charge in [-0.05, 0) is 68.3 Å². The first-order chi connectivity index (χ1) is 10.0. The molecule has 0 saturated heterocycles. The van der Waals surface area contributed by atoms with Crippen LogP contribution in [0.5, 0.6) is 0 Å². The minimum atomic E-state index is 0.429. The van der Waals surface area contributed by atoms with Crippen LogP contribution in [-0.4, -0.2) is 10.2 Å². The number of anilines is 2. The summed E-state index contributed by atoms with van der Waals surface area (Å²) in [5.41, 5.74) is 14.4. The standard InChI is InChI=1S/C14H10Br2N4O/c15-9-5-7(1-3-11(9)17)13-19-20-14(21-13)8-2-4-12(18)10(16)6-8/h1-6H,17-18H2.